The van der Waals surface area contributed by atoms with Crippen molar-refractivity contribution in [2.45, 2.75) is 0 Å². The summed E-state index contributed by atoms with van der Waals surface area (Å²) in [5.74, 6) is -0.357. The zero-order chi connectivity index (χ0) is 21.8. The van der Waals surface area contributed by atoms with Crippen LogP contribution in [0.1, 0.15) is 20.8 Å². The van der Waals surface area contributed by atoms with Crippen LogP contribution in [0.25, 0.3) is 11.3 Å². The first-order chi connectivity index (χ1) is 15.0. The lowest BCUT2D eigenvalue weighted by Crippen LogP contribution is -2.47. The van der Waals surface area contributed by atoms with Gasteiger partial charge in [-0.3, -0.25) is 9.59 Å². The van der Waals surface area contributed by atoms with Gasteiger partial charge in [0.05, 0.1) is 11.9 Å². The maximum absolute atomic E-state index is 12.7. The summed E-state index contributed by atoms with van der Waals surface area (Å²) in [5.41, 5.74) is 8.47. The van der Waals surface area contributed by atoms with Gasteiger partial charge in [0.1, 0.15) is 0 Å². The minimum absolute atomic E-state index is 0.0194. The SMILES string of the molecule is CN1CCN(C(=O)c2ccc(-c3cnc(N)c(C(=O)Nc4ccccc4)n3)cc2)CC1. The maximum Gasteiger partial charge on any atom is 0.278 e. The topological polar surface area (TPSA) is 104 Å². The van der Waals surface area contributed by atoms with Crippen molar-refractivity contribution in [2.75, 3.05) is 44.3 Å². The van der Waals surface area contributed by atoms with Crippen molar-refractivity contribution in [3.8, 4) is 11.3 Å². The summed E-state index contributed by atoms with van der Waals surface area (Å²) < 4.78 is 0. The van der Waals surface area contributed by atoms with Crippen molar-refractivity contribution in [2.24, 2.45) is 0 Å². The Hall–Kier alpha value is -3.78. The van der Waals surface area contributed by atoms with Crippen LogP contribution >= 0.6 is 0 Å². The first-order valence-electron chi connectivity index (χ1n) is 10.1. The predicted octanol–water partition coefficient (Wildman–Crippen LogP) is 2.37. The largest absolute Gasteiger partial charge is 0.382 e. The van der Waals surface area contributed by atoms with Crippen molar-refractivity contribution in [3.05, 3.63) is 72.1 Å². The van der Waals surface area contributed by atoms with Gasteiger partial charge in [-0.15, -0.1) is 0 Å². The number of nitrogen functional groups attached to an aromatic ring is 1. The highest BCUT2D eigenvalue weighted by Crippen LogP contribution is 2.21. The Morgan fingerprint density at radius 3 is 2.32 bits per heavy atom. The zero-order valence-corrected chi connectivity index (χ0v) is 17.3. The van der Waals surface area contributed by atoms with Gasteiger partial charge in [0, 0.05) is 43.0 Å². The molecule has 0 unspecified atom stereocenters. The molecule has 0 bridgehead atoms. The molecule has 1 saturated heterocycles. The minimum atomic E-state index is -0.431. The summed E-state index contributed by atoms with van der Waals surface area (Å²) in [5, 5.41) is 2.77. The van der Waals surface area contributed by atoms with E-state index in [0.717, 1.165) is 31.7 Å². The van der Waals surface area contributed by atoms with E-state index < -0.39 is 5.91 Å². The number of carbonyl (C=O) groups excluding carboxylic acids is 2. The van der Waals surface area contributed by atoms with E-state index in [-0.39, 0.29) is 17.4 Å². The molecule has 2 aromatic carbocycles. The lowest BCUT2D eigenvalue weighted by molar-refractivity contribution is 0.0664. The molecule has 8 heteroatoms. The summed E-state index contributed by atoms with van der Waals surface area (Å²) in [7, 11) is 2.05. The summed E-state index contributed by atoms with van der Waals surface area (Å²) in [6.45, 7) is 3.19. The molecular formula is C23H24N6O2. The molecule has 2 amide bonds. The summed E-state index contributed by atoms with van der Waals surface area (Å²) >= 11 is 0. The highest BCUT2D eigenvalue weighted by Gasteiger charge is 2.20. The van der Waals surface area contributed by atoms with E-state index in [2.05, 4.69) is 27.2 Å². The number of carbonyl (C=O) groups is 2. The smallest absolute Gasteiger partial charge is 0.278 e. The number of benzene rings is 2. The second-order valence-electron chi connectivity index (χ2n) is 7.48. The monoisotopic (exact) mass is 416 g/mol. The van der Waals surface area contributed by atoms with Crippen molar-refractivity contribution >= 4 is 23.3 Å². The fourth-order valence-corrected chi connectivity index (χ4v) is 3.39. The number of amides is 2. The van der Waals surface area contributed by atoms with Crippen LogP contribution in [0.4, 0.5) is 11.5 Å². The molecule has 0 radical (unpaired) electrons. The number of anilines is 2. The molecule has 1 fully saturated rings. The van der Waals surface area contributed by atoms with Crippen LogP contribution in [-0.4, -0.2) is 64.8 Å². The number of nitrogens with two attached hydrogens (primary N) is 1. The normalized spacial score (nSPS) is 14.3. The lowest BCUT2D eigenvalue weighted by Gasteiger charge is -2.32. The van der Waals surface area contributed by atoms with Crippen molar-refractivity contribution in [3.63, 3.8) is 0 Å². The molecule has 2 heterocycles. The summed E-state index contributed by atoms with van der Waals surface area (Å²) in [6.07, 6.45) is 1.52. The van der Waals surface area contributed by atoms with Gasteiger partial charge in [-0.25, -0.2) is 9.97 Å². The van der Waals surface area contributed by atoms with Gasteiger partial charge in [-0.05, 0) is 31.3 Å². The Balaban J connectivity index is 1.51. The molecule has 0 atom stereocenters. The van der Waals surface area contributed by atoms with E-state index in [0.29, 0.717) is 16.9 Å². The van der Waals surface area contributed by atoms with E-state index >= 15 is 0 Å². The van der Waals surface area contributed by atoms with Gasteiger partial charge >= 0.3 is 0 Å². The molecule has 1 aromatic heterocycles. The van der Waals surface area contributed by atoms with Crippen LogP contribution in [-0.2, 0) is 0 Å². The van der Waals surface area contributed by atoms with E-state index in [1.807, 2.05) is 35.2 Å². The summed E-state index contributed by atoms with van der Waals surface area (Å²) in [4.78, 5) is 38.0. The molecule has 158 valence electrons. The van der Waals surface area contributed by atoms with E-state index in [9.17, 15) is 9.59 Å². The first-order valence-corrected chi connectivity index (χ1v) is 10.1. The van der Waals surface area contributed by atoms with Crippen LogP contribution in [0.5, 0.6) is 0 Å². The lowest BCUT2D eigenvalue weighted by atomic mass is 10.1. The Labute approximate surface area is 180 Å². The Kier molecular flexibility index (Phi) is 5.90. The van der Waals surface area contributed by atoms with Crippen LogP contribution in [0.15, 0.2) is 60.8 Å². The Bertz CT molecular complexity index is 1080. The third-order valence-corrected chi connectivity index (χ3v) is 5.27. The number of hydrogen-bond donors (Lipinski definition) is 2. The maximum atomic E-state index is 12.7. The third kappa shape index (κ3) is 4.70. The second-order valence-corrected chi connectivity index (χ2v) is 7.48. The standard InChI is InChI=1S/C23H24N6O2/c1-28-11-13-29(14-12-28)23(31)17-9-7-16(8-10-17)19-15-25-21(24)20(27-19)22(30)26-18-5-3-2-4-6-18/h2-10,15H,11-14H2,1H3,(H2,24,25)(H,26,30). The van der Waals surface area contributed by atoms with Crippen LogP contribution < -0.4 is 11.1 Å². The number of likely N-dealkylation sites (N-methyl/N-ethyl adjacent to an activating group) is 1. The molecule has 1 aliphatic rings. The zero-order valence-electron chi connectivity index (χ0n) is 17.3. The fraction of sp³-hybridized carbons (Fsp3) is 0.217. The molecule has 0 spiro atoms. The average Bonchev–Trinajstić information content (AvgIpc) is 2.80. The number of para-hydroxylation sites is 1. The summed E-state index contributed by atoms with van der Waals surface area (Å²) in [6, 6.07) is 16.2. The number of nitrogens with one attached hydrogen (secondary N) is 1. The molecule has 4 rings (SSSR count). The van der Waals surface area contributed by atoms with Gasteiger partial charge in [0.15, 0.2) is 11.5 Å². The molecule has 3 N–H and O–H groups in total. The number of piperazine rings is 1. The molecule has 0 aliphatic carbocycles. The number of hydrogen-bond acceptors (Lipinski definition) is 6. The van der Waals surface area contributed by atoms with Crippen molar-refractivity contribution in [1.82, 2.24) is 19.8 Å². The number of nitrogens with zero attached hydrogens (tertiary/aromatic N) is 4. The van der Waals surface area contributed by atoms with Gasteiger partial charge < -0.3 is 20.9 Å². The quantitative estimate of drug-likeness (QED) is 0.677. The molecule has 8 nitrogen and oxygen atoms in total. The molecular weight excluding hydrogens is 392 g/mol. The van der Waals surface area contributed by atoms with Crippen LogP contribution in [0, 0.1) is 0 Å². The van der Waals surface area contributed by atoms with E-state index in [1.165, 1.54) is 6.20 Å². The fourth-order valence-electron chi connectivity index (χ4n) is 3.39. The second kappa shape index (κ2) is 8.93. The van der Waals surface area contributed by atoms with Gasteiger partial charge in [0.2, 0.25) is 0 Å². The van der Waals surface area contributed by atoms with Crippen LogP contribution in [0.3, 0.4) is 0 Å². The average molecular weight is 416 g/mol. The van der Waals surface area contributed by atoms with Gasteiger partial charge in [0.25, 0.3) is 11.8 Å². The number of rotatable bonds is 4. The van der Waals surface area contributed by atoms with Crippen LogP contribution in [0.2, 0.25) is 0 Å². The first kappa shape index (κ1) is 20.5. The molecule has 3 aromatic rings. The number of aromatic nitrogens is 2. The Morgan fingerprint density at radius 1 is 0.968 bits per heavy atom. The minimum Gasteiger partial charge on any atom is -0.382 e. The van der Waals surface area contributed by atoms with E-state index in [4.69, 9.17) is 5.73 Å². The predicted molar refractivity (Wildman–Crippen MR) is 120 cm³/mol. The van der Waals surface area contributed by atoms with Gasteiger partial charge in [-0.2, -0.15) is 0 Å². The molecule has 31 heavy (non-hydrogen) atoms. The van der Waals surface area contributed by atoms with E-state index in [1.54, 1.807) is 24.3 Å². The molecule has 1 aliphatic heterocycles. The van der Waals surface area contributed by atoms with Crippen molar-refractivity contribution < 1.29 is 9.59 Å². The Morgan fingerprint density at radius 2 is 1.65 bits per heavy atom. The highest BCUT2D eigenvalue weighted by atomic mass is 16.2. The molecule has 0 saturated carbocycles. The highest BCUT2D eigenvalue weighted by molar-refractivity contribution is 6.06. The third-order valence-electron chi connectivity index (χ3n) is 5.27. The van der Waals surface area contributed by atoms with Gasteiger partial charge in [-0.1, -0.05) is 30.3 Å². The van der Waals surface area contributed by atoms with Crippen molar-refractivity contribution in [1.29, 1.82) is 0 Å².